The highest BCUT2D eigenvalue weighted by molar-refractivity contribution is 5.77. The van der Waals surface area contributed by atoms with Gasteiger partial charge in [-0.25, -0.2) is 9.36 Å². The number of methoxy groups -OCH3 is 1. The maximum Gasteiger partial charge on any atom is 0.275 e. The molecule has 0 aliphatic carbocycles. The van der Waals surface area contributed by atoms with Crippen LogP contribution in [-0.2, 0) is 25.3 Å². The summed E-state index contributed by atoms with van der Waals surface area (Å²) in [5.74, 6) is -0.274. The number of hydrogen-bond donors (Lipinski definition) is 1. The topological polar surface area (TPSA) is 101 Å². The number of carbonyl (C=O) groups excluding carboxylic acids is 1. The lowest BCUT2D eigenvalue weighted by Crippen LogP contribution is -2.30. The molecule has 1 N–H and O–H groups in total. The van der Waals surface area contributed by atoms with E-state index in [9.17, 15) is 14.4 Å². The van der Waals surface area contributed by atoms with Crippen molar-refractivity contribution in [2.45, 2.75) is 26.2 Å². The van der Waals surface area contributed by atoms with E-state index in [-0.39, 0.29) is 23.6 Å². The van der Waals surface area contributed by atoms with Crippen LogP contribution in [-0.4, -0.2) is 44.9 Å². The van der Waals surface area contributed by atoms with Gasteiger partial charge in [-0.1, -0.05) is 72.8 Å². The smallest absolute Gasteiger partial charge is 0.275 e. The molecular weight excluding hydrogens is 630 g/mol. The summed E-state index contributed by atoms with van der Waals surface area (Å²) in [5.41, 5.74) is 5.11. The number of nitrogens with zero attached hydrogens (tertiary/aromatic N) is 4. The highest BCUT2D eigenvalue weighted by Gasteiger charge is 2.33. The first-order chi connectivity index (χ1) is 24.2. The van der Waals surface area contributed by atoms with Gasteiger partial charge in [0.2, 0.25) is 0 Å². The number of aromatic nitrogens is 4. The molecule has 0 saturated heterocycles. The number of nitrogens with one attached hydrogen (secondary N) is 1. The largest absolute Gasteiger partial charge is 0.493 e. The summed E-state index contributed by atoms with van der Waals surface area (Å²) in [6.07, 6.45) is 0.710. The summed E-state index contributed by atoms with van der Waals surface area (Å²) in [6, 6.07) is 34.1. The van der Waals surface area contributed by atoms with Gasteiger partial charge < -0.3 is 14.8 Å². The van der Waals surface area contributed by atoms with E-state index < -0.39 is 5.92 Å². The molecule has 0 spiro atoms. The minimum absolute atomic E-state index is 0.201. The molecule has 0 saturated carbocycles. The molecule has 0 radical (unpaired) electrons. The van der Waals surface area contributed by atoms with Gasteiger partial charge in [-0.2, -0.15) is 0 Å². The monoisotopic (exact) mass is 671 g/mol. The second-order valence-corrected chi connectivity index (χ2v) is 12.2. The van der Waals surface area contributed by atoms with Crippen LogP contribution in [0, 0.1) is 13.8 Å². The second kappa shape index (κ2) is 14.6. The third kappa shape index (κ3) is 6.52. The third-order valence-corrected chi connectivity index (χ3v) is 9.23. The van der Waals surface area contributed by atoms with Crippen LogP contribution in [0.15, 0.2) is 119 Å². The Balaban J connectivity index is 1.41. The summed E-state index contributed by atoms with van der Waals surface area (Å²) in [6.45, 7) is 4.06. The fraction of sp³-hybridized carbons (Fsp3) is 0.225. The van der Waals surface area contributed by atoms with E-state index in [0.717, 1.165) is 5.56 Å². The van der Waals surface area contributed by atoms with Crippen LogP contribution < -0.4 is 25.9 Å². The molecule has 256 valence electrons. The van der Waals surface area contributed by atoms with Crippen LogP contribution >= 0.6 is 0 Å². The molecule has 10 heteroatoms. The standard InChI is InChI=1S/C40H41N5O5/c1-27-36(39(47)44(42(27)3)31-17-11-7-12-18-31)38(37-28(2)43(4)45(40(37)48)32-19-13-8-14-20-32)30-21-22-33(34(25-30)49-5)50-26-35(46)41-24-23-29-15-9-6-10-16-29/h6-22,25,38H,23-24,26H2,1-5H3,(H,41,46). The first-order valence-corrected chi connectivity index (χ1v) is 16.5. The third-order valence-electron chi connectivity index (χ3n) is 9.23. The van der Waals surface area contributed by atoms with Gasteiger partial charge in [-0.3, -0.25) is 23.7 Å². The molecule has 0 aliphatic heterocycles. The Kier molecular flexibility index (Phi) is 9.89. The lowest BCUT2D eigenvalue weighted by atomic mass is 9.85. The zero-order valence-electron chi connectivity index (χ0n) is 28.9. The van der Waals surface area contributed by atoms with Crippen molar-refractivity contribution in [3.05, 3.63) is 164 Å². The molecule has 0 unspecified atom stereocenters. The van der Waals surface area contributed by atoms with Crippen molar-refractivity contribution in [1.29, 1.82) is 0 Å². The lowest BCUT2D eigenvalue weighted by Gasteiger charge is -2.19. The normalized spacial score (nSPS) is 11.2. The molecule has 4 aromatic carbocycles. The number of hydrogen-bond acceptors (Lipinski definition) is 5. The molecule has 0 bridgehead atoms. The zero-order chi connectivity index (χ0) is 35.4. The Bertz CT molecular complexity index is 2130. The first kappa shape index (κ1) is 33.9. The predicted molar refractivity (Wildman–Crippen MR) is 194 cm³/mol. The molecule has 1 amide bonds. The van der Waals surface area contributed by atoms with Gasteiger partial charge >= 0.3 is 0 Å². The van der Waals surface area contributed by atoms with E-state index in [1.54, 1.807) is 21.5 Å². The quantitative estimate of drug-likeness (QED) is 0.193. The first-order valence-electron chi connectivity index (χ1n) is 16.5. The van der Waals surface area contributed by atoms with Gasteiger partial charge in [0.1, 0.15) is 0 Å². The van der Waals surface area contributed by atoms with Crippen LogP contribution in [0.25, 0.3) is 11.4 Å². The number of carbonyl (C=O) groups is 1. The van der Waals surface area contributed by atoms with Crippen molar-refractivity contribution in [2.24, 2.45) is 14.1 Å². The summed E-state index contributed by atoms with van der Waals surface area (Å²) >= 11 is 0. The minimum Gasteiger partial charge on any atom is -0.493 e. The van der Waals surface area contributed by atoms with Crippen molar-refractivity contribution < 1.29 is 14.3 Å². The summed E-state index contributed by atoms with van der Waals surface area (Å²) in [7, 11) is 5.20. The summed E-state index contributed by atoms with van der Waals surface area (Å²) < 4.78 is 18.6. The van der Waals surface area contributed by atoms with Crippen molar-refractivity contribution in [2.75, 3.05) is 20.3 Å². The SMILES string of the molecule is COc1cc(C(c2c(C)n(C)n(-c3ccccc3)c2=O)c2c(C)n(C)n(-c3ccccc3)c2=O)ccc1OCC(=O)NCCc1ccccc1. The maximum atomic E-state index is 14.5. The highest BCUT2D eigenvalue weighted by Crippen LogP contribution is 2.38. The van der Waals surface area contributed by atoms with Gasteiger partial charge in [0, 0.05) is 37.9 Å². The number of rotatable bonds is 12. The molecule has 10 nitrogen and oxygen atoms in total. The number of benzene rings is 4. The number of amides is 1. The summed E-state index contributed by atoms with van der Waals surface area (Å²) in [4.78, 5) is 41.6. The van der Waals surface area contributed by atoms with Gasteiger partial charge in [0.05, 0.1) is 29.6 Å². The fourth-order valence-electron chi connectivity index (χ4n) is 6.49. The van der Waals surface area contributed by atoms with E-state index in [4.69, 9.17) is 9.47 Å². The van der Waals surface area contributed by atoms with Crippen molar-refractivity contribution in [3.8, 4) is 22.9 Å². The van der Waals surface area contributed by atoms with Crippen molar-refractivity contribution >= 4 is 5.91 Å². The van der Waals surface area contributed by atoms with E-state index in [1.807, 2.05) is 134 Å². The Morgan fingerprint density at radius 3 is 1.70 bits per heavy atom. The van der Waals surface area contributed by atoms with Crippen LogP contribution in [0.5, 0.6) is 11.5 Å². The molecule has 2 aromatic heterocycles. The van der Waals surface area contributed by atoms with E-state index in [0.29, 0.717) is 63.9 Å². The van der Waals surface area contributed by atoms with Gasteiger partial charge in [0.25, 0.3) is 17.0 Å². The maximum absolute atomic E-state index is 14.5. The zero-order valence-corrected chi connectivity index (χ0v) is 28.9. The molecule has 0 fully saturated rings. The van der Waals surface area contributed by atoms with Crippen LogP contribution in [0.2, 0.25) is 0 Å². The molecule has 6 aromatic rings. The Hall–Kier alpha value is -6.03. The Morgan fingerprint density at radius 2 is 1.20 bits per heavy atom. The van der Waals surface area contributed by atoms with Gasteiger partial charge in [-0.05, 0) is 67.8 Å². The molecule has 6 rings (SSSR count). The van der Waals surface area contributed by atoms with E-state index >= 15 is 0 Å². The molecule has 0 aliphatic rings. The molecular formula is C40H41N5O5. The summed E-state index contributed by atoms with van der Waals surface area (Å²) in [5, 5.41) is 2.90. The number of ether oxygens (including phenoxy) is 2. The van der Waals surface area contributed by atoms with Crippen LogP contribution in [0.3, 0.4) is 0 Å². The predicted octanol–water partition coefficient (Wildman–Crippen LogP) is 5.21. The van der Waals surface area contributed by atoms with Gasteiger partial charge in [0.15, 0.2) is 18.1 Å². The molecule has 0 atom stereocenters. The van der Waals surface area contributed by atoms with E-state index in [2.05, 4.69) is 5.32 Å². The molecule has 2 heterocycles. The lowest BCUT2D eigenvalue weighted by molar-refractivity contribution is -0.123. The Morgan fingerprint density at radius 1 is 0.700 bits per heavy atom. The Labute approximate surface area is 290 Å². The van der Waals surface area contributed by atoms with Crippen molar-refractivity contribution in [3.63, 3.8) is 0 Å². The fourth-order valence-corrected chi connectivity index (χ4v) is 6.49. The van der Waals surface area contributed by atoms with Crippen molar-refractivity contribution in [1.82, 2.24) is 24.0 Å². The average molecular weight is 672 g/mol. The average Bonchev–Trinajstić information content (AvgIpc) is 3.50. The van der Waals surface area contributed by atoms with Crippen LogP contribution in [0.1, 0.15) is 39.6 Å². The highest BCUT2D eigenvalue weighted by atomic mass is 16.5. The number of para-hydroxylation sites is 2. The minimum atomic E-state index is -0.758. The van der Waals surface area contributed by atoms with Crippen LogP contribution in [0.4, 0.5) is 0 Å². The molecule has 50 heavy (non-hydrogen) atoms. The van der Waals surface area contributed by atoms with E-state index in [1.165, 1.54) is 7.11 Å². The van der Waals surface area contributed by atoms with Gasteiger partial charge in [-0.15, -0.1) is 0 Å². The second-order valence-electron chi connectivity index (χ2n) is 12.2.